The Morgan fingerprint density at radius 2 is 2.33 bits per heavy atom. The van der Waals surface area contributed by atoms with E-state index < -0.39 is 0 Å². The molecule has 2 heterocycles. The van der Waals surface area contributed by atoms with Crippen molar-refractivity contribution in [2.45, 2.75) is 18.8 Å². The Labute approximate surface area is 95.7 Å². The van der Waals surface area contributed by atoms with Crippen molar-refractivity contribution in [3.05, 3.63) is 39.0 Å². The summed E-state index contributed by atoms with van der Waals surface area (Å²) < 4.78 is 4.14. The molecule has 0 spiro atoms. The fourth-order valence-corrected chi connectivity index (χ4v) is 3.18. The normalized spacial score (nSPS) is 15.5. The van der Waals surface area contributed by atoms with E-state index in [0.29, 0.717) is 5.92 Å². The Bertz CT molecular complexity index is 482. The number of thiophene rings is 1. The van der Waals surface area contributed by atoms with Crippen LogP contribution in [0, 0.1) is 0 Å². The van der Waals surface area contributed by atoms with Gasteiger partial charge in [-0.2, -0.15) is 0 Å². The summed E-state index contributed by atoms with van der Waals surface area (Å²) in [5, 5.41) is 1.93. The second-order valence-electron chi connectivity index (χ2n) is 3.68. The molecular formula is C11H9NOS2. The number of carbonyl (C=O) groups excluding carboxylic acids is 1. The van der Waals surface area contributed by atoms with E-state index in [-0.39, 0.29) is 5.78 Å². The molecule has 2 aromatic rings. The predicted molar refractivity (Wildman–Crippen MR) is 61.8 cm³/mol. The average molecular weight is 235 g/mol. The van der Waals surface area contributed by atoms with Crippen LogP contribution < -0.4 is 0 Å². The molecular weight excluding hydrogens is 226 g/mol. The van der Waals surface area contributed by atoms with Crippen molar-refractivity contribution in [2.24, 2.45) is 0 Å². The fraction of sp³-hybridized carbons (Fsp3) is 0.273. The summed E-state index contributed by atoms with van der Waals surface area (Å²) in [7, 11) is 0. The summed E-state index contributed by atoms with van der Waals surface area (Å²) in [6.07, 6.45) is 4.15. The quantitative estimate of drug-likeness (QED) is 0.764. The zero-order valence-corrected chi connectivity index (χ0v) is 9.61. The number of rotatable bonds is 3. The maximum Gasteiger partial charge on any atom is 0.205 e. The topological polar surface area (TPSA) is 30.0 Å². The van der Waals surface area contributed by atoms with Gasteiger partial charge in [-0.25, -0.2) is 4.37 Å². The molecule has 0 saturated heterocycles. The van der Waals surface area contributed by atoms with Crippen molar-refractivity contribution in [3.63, 3.8) is 0 Å². The molecule has 2 aromatic heterocycles. The summed E-state index contributed by atoms with van der Waals surface area (Å²) in [4.78, 5) is 14.1. The minimum absolute atomic E-state index is 0.139. The van der Waals surface area contributed by atoms with E-state index in [2.05, 4.69) is 4.37 Å². The van der Waals surface area contributed by atoms with E-state index in [1.165, 1.54) is 40.6 Å². The van der Waals surface area contributed by atoms with Gasteiger partial charge in [0.25, 0.3) is 0 Å². The fourth-order valence-electron chi connectivity index (χ4n) is 1.60. The molecule has 0 bridgehead atoms. The Morgan fingerprint density at radius 3 is 3.00 bits per heavy atom. The van der Waals surface area contributed by atoms with Crippen LogP contribution in [0.15, 0.2) is 23.7 Å². The summed E-state index contributed by atoms with van der Waals surface area (Å²) in [6, 6.07) is 3.79. The Kier molecular flexibility index (Phi) is 2.18. The molecule has 76 valence electrons. The van der Waals surface area contributed by atoms with Gasteiger partial charge in [0.15, 0.2) is 0 Å². The smallest absolute Gasteiger partial charge is 0.205 e. The molecule has 0 amide bonds. The summed E-state index contributed by atoms with van der Waals surface area (Å²) in [5.74, 6) is 0.747. The molecule has 0 atom stereocenters. The van der Waals surface area contributed by atoms with Crippen LogP contribution in [-0.4, -0.2) is 10.2 Å². The number of ketones is 1. The van der Waals surface area contributed by atoms with Crippen LogP contribution in [0.25, 0.3) is 0 Å². The summed E-state index contributed by atoms with van der Waals surface area (Å²) in [5.41, 5.74) is 0.824. The van der Waals surface area contributed by atoms with E-state index in [4.69, 9.17) is 0 Å². The maximum atomic E-state index is 12.1. The van der Waals surface area contributed by atoms with Crippen LogP contribution in [0.4, 0.5) is 0 Å². The third-order valence-electron chi connectivity index (χ3n) is 2.54. The standard InChI is InChI=1S/C11H9NOS2/c13-10(9-2-1-5-14-9)8-6-12-15-11(8)7-3-4-7/h1-2,5-7H,3-4H2. The predicted octanol–water partition coefficient (Wildman–Crippen LogP) is 3.31. The molecule has 15 heavy (non-hydrogen) atoms. The van der Waals surface area contributed by atoms with Crippen LogP contribution in [0.5, 0.6) is 0 Å². The second-order valence-corrected chi connectivity index (χ2v) is 5.47. The lowest BCUT2D eigenvalue weighted by Gasteiger charge is -1.97. The minimum Gasteiger partial charge on any atom is -0.288 e. The van der Waals surface area contributed by atoms with Gasteiger partial charge in [-0.3, -0.25) is 4.79 Å². The summed E-state index contributed by atoms with van der Waals surface area (Å²) in [6.45, 7) is 0. The van der Waals surface area contributed by atoms with E-state index >= 15 is 0 Å². The number of aromatic nitrogens is 1. The van der Waals surface area contributed by atoms with Gasteiger partial charge < -0.3 is 0 Å². The van der Waals surface area contributed by atoms with E-state index in [9.17, 15) is 4.79 Å². The molecule has 1 aliphatic carbocycles. The number of nitrogens with zero attached hydrogens (tertiary/aromatic N) is 1. The molecule has 1 aliphatic rings. The van der Waals surface area contributed by atoms with Crippen molar-refractivity contribution in [2.75, 3.05) is 0 Å². The number of hydrogen-bond acceptors (Lipinski definition) is 4. The van der Waals surface area contributed by atoms with Gasteiger partial charge in [0.2, 0.25) is 5.78 Å². The first-order valence-corrected chi connectivity index (χ1v) is 6.54. The highest BCUT2D eigenvalue weighted by Gasteiger charge is 2.30. The van der Waals surface area contributed by atoms with Crippen LogP contribution in [0.2, 0.25) is 0 Å². The van der Waals surface area contributed by atoms with E-state index in [1.54, 1.807) is 6.20 Å². The van der Waals surface area contributed by atoms with Crippen LogP contribution >= 0.6 is 22.9 Å². The van der Waals surface area contributed by atoms with Gasteiger partial charge in [-0.15, -0.1) is 11.3 Å². The summed E-state index contributed by atoms with van der Waals surface area (Å²) >= 11 is 2.98. The van der Waals surface area contributed by atoms with Crippen molar-refractivity contribution in [1.82, 2.24) is 4.37 Å². The SMILES string of the molecule is O=C(c1cccs1)c1cnsc1C1CC1. The lowest BCUT2D eigenvalue weighted by atomic mass is 10.1. The van der Waals surface area contributed by atoms with Crippen LogP contribution in [0.3, 0.4) is 0 Å². The van der Waals surface area contributed by atoms with E-state index in [0.717, 1.165) is 10.4 Å². The molecule has 4 heteroatoms. The van der Waals surface area contributed by atoms with E-state index in [1.807, 2.05) is 17.5 Å². The molecule has 1 fully saturated rings. The molecule has 0 radical (unpaired) electrons. The second kappa shape index (κ2) is 3.54. The number of hydrogen-bond donors (Lipinski definition) is 0. The monoisotopic (exact) mass is 235 g/mol. The largest absolute Gasteiger partial charge is 0.288 e. The Balaban J connectivity index is 1.98. The van der Waals surface area contributed by atoms with Gasteiger partial charge in [-0.1, -0.05) is 6.07 Å². The maximum absolute atomic E-state index is 12.1. The van der Waals surface area contributed by atoms with Crippen molar-refractivity contribution < 1.29 is 4.79 Å². The van der Waals surface area contributed by atoms with Crippen molar-refractivity contribution in [1.29, 1.82) is 0 Å². The van der Waals surface area contributed by atoms with Gasteiger partial charge in [0.05, 0.1) is 16.6 Å². The molecule has 0 aliphatic heterocycles. The molecule has 3 rings (SSSR count). The van der Waals surface area contributed by atoms with Gasteiger partial charge in [0, 0.05) is 4.88 Å². The molecule has 0 N–H and O–H groups in total. The Morgan fingerprint density at radius 1 is 1.47 bits per heavy atom. The lowest BCUT2D eigenvalue weighted by Crippen LogP contribution is -1.99. The molecule has 2 nitrogen and oxygen atoms in total. The minimum atomic E-state index is 0.139. The van der Waals surface area contributed by atoms with Crippen molar-refractivity contribution in [3.8, 4) is 0 Å². The van der Waals surface area contributed by atoms with Gasteiger partial charge >= 0.3 is 0 Å². The highest BCUT2D eigenvalue weighted by atomic mass is 32.1. The third-order valence-corrected chi connectivity index (χ3v) is 4.37. The van der Waals surface area contributed by atoms with Gasteiger partial charge in [-0.05, 0) is 41.7 Å². The molecule has 0 aromatic carbocycles. The lowest BCUT2D eigenvalue weighted by molar-refractivity contribution is 0.104. The third kappa shape index (κ3) is 1.64. The first-order valence-electron chi connectivity index (χ1n) is 4.89. The first-order chi connectivity index (χ1) is 7.36. The average Bonchev–Trinajstić information content (AvgIpc) is 2.82. The Hall–Kier alpha value is -1.00. The first kappa shape index (κ1) is 9.24. The van der Waals surface area contributed by atoms with Crippen molar-refractivity contribution >= 4 is 28.7 Å². The molecule has 1 saturated carbocycles. The van der Waals surface area contributed by atoms with Crippen LogP contribution in [0.1, 0.15) is 38.9 Å². The zero-order chi connectivity index (χ0) is 10.3. The highest BCUT2D eigenvalue weighted by molar-refractivity contribution is 7.12. The zero-order valence-electron chi connectivity index (χ0n) is 7.97. The number of carbonyl (C=O) groups is 1. The highest BCUT2D eigenvalue weighted by Crippen LogP contribution is 2.44. The molecule has 0 unspecified atom stereocenters. The van der Waals surface area contributed by atoms with Crippen LogP contribution in [-0.2, 0) is 0 Å². The van der Waals surface area contributed by atoms with Gasteiger partial charge in [0.1, 0.15) is 0 Å².